The van der Waals surface area contributed by atoms with E-state index in [1.807, 2.05) is 0 Å². The Bertz CT molecular complexity index is 842. The number of hydrogen-bond acceptors (Lipinski definition) is 9. The third kappa shape index (κ3) is 2.22. The first-order valence-corrected chi connectivity index (χ1v) is 8.10. The Morgan fingerprint density at radius 1 is 1.46 bits per heavy atom. The van der Waals surface area contributed by atoms with Crippen molar-refractivity contribution >= 4 is 24.6 Å². The number of ether oxygens (including phenoxy) is 1. The summed E-state index contributed by atoms with van der Waals surface area (Å²) in [5, 5.41) is 26.6. The lowest BCUT2D eigenvalue weighted by molar-refractivity contribution is -0.0595. The van der Waals surface area contributed by atoms with Gasteiger partial charge in [-0.2, -0.15) is 14.4 Å². The van der Waals surface area contributed by atoms with E-state index in [0.717, 1.165) is 10.9 Å². The minimum Gasteiger partial charge on any atom is -0.394 e. The van der Waals surface area contributed by atoms with Crippen molar-refractivity contribution in [3.63, 3.8) is 0 Å². The standard InChI is InChI=1S/C10H13FN5O7P/c11-9-14-6(12)4-7(15-9)16(2-13-4)8-5(18)10(19,24(20,21)22)3(1-17)23-8/h2-3,5,8,17-19H,1H2,(H2,12,14,15)(H2,20,21,22)/t3-,5+,8-,10+/m1/s1. The van der Waals surface area contributed by atoms with Crippen LogP contribution in [0.2, 0.25) is 0 Å². The molecule has 0 amide bonds. The monoisotopic (exact) mass is 365 g/mol. The molecular formula is C10H13FN5O7P. The molecule has 0 radical (unpaired) electrons. The molecule has 0 aliphatic carbocycles. The van der Waals surface area contributed by atoms with Gasteiger partial charge >= 0.3 is 13.7 Å². The minimum absolute atomic E-state index is 0.0423. The zero-order chi connectivity index (χ0) is 17.9. The largest absolute Gasteiger partial charge is 0.394 e. The van der Waals surface area contributed by atoms with Gasteiger partial charge in [0.2, 0.25) is 5.34 Å². The average Bonchev–Trinajstić information content (AvgIpc) is 3.00. The third-order valence-corrected chi connectivity index (χ3v) is 5.30. The van der Waals surface area contributed by atoms with E-state index in [0.29, 0.717) is 0 Å². The predicted molar refractivity (Wildman–Crippen MR) is 73.7 cm³/mol. The molecule has 4 atom stereocenters. The molecule has 2 aromatic rings. The summed E-state index contributed by atoms with van der Waals surface area (Å²) in [4.78, 5) is 29.2. The molecule has 0 unspecified atom stereocenters. The Balaban J connectivity index is 2.13. The molecule has 0 bridgehead atoms. The summed E-state index contributed by atoms with van der Waals surface area (Å²) in [6.07, 6.45) is -5.77. The maximum Gasteiger partial charge on any atom is 0.362 e. The van der Waals surface area contributed by atoms with Gasteiger partial charge in [0.1, 0.15) is 12.2 Å². The molecule has 1 fully saturated rings. The quantitative estimate of drug-likeness (QED) is 0.252. The summed E-state index contributed by atoms with van der Waals surface area (Å²) in [6.45, 7) is -0.993. The van der Waals surface area contributed by atoms with Crippen LogP contribution in [-0.2, 0) is 9.30 Å². The molecule has 12 nitrogen and oxygen atoms in total. The number of hydrogen-bond donors (Lipinski definition) is 6. The van der Waals surface area contributed by atoms with E-state index in [1.165, 1.54) is 0 Å². The fourth-order valence-corrected chi connectivity index (χ4v) is 3.58. The van der Waals surface area contributed by atoms with Crippen molar-refractivity contribution in [3.8, 4) is 0 Å². The van der Waals surface area contributed by atoms with Crippen molar-refractivity contribution in [2.45, 2.75) is 23.8 Å². The fourth-order valence-electron chi connectivity index (χ4n) is 2.60. The predicted octanol–water partition coefficient (Wildman–Crippen LogP) is -2.34. The summed E-state index contributed by atoms with van der Waals surface area (Å²) < 4.78 is 31.0. The molecule has 1 aliphatic rings. The van der Waals surface area contributed by atoms with Crippen molar-refractivity contribution in [2.24, 2.45) is 0 Å². The summed E-state index contributed by atoms with van der Waals surface area (Å²) in [7, 11) is -5.32. The number of rotatable bonds is 3. The van der Waals surface area contributed by atoms with Crippen molar-refractivity contribution in [3.05, 3.63) is 12.4 Å². The first-order chi connectivity index (χ1) is 11.1. The lowest BCUT2D eigenvalue weighted by Gasteiger charge is -2.30. The number of nitrogens with zero attached hydrogens (tertiary/aromatic N) is 4. The molecule has 7 N–H and O–H groups in total. The van der Waals surface area contributed by atoms with Crippen LogP contribution in [-0.4, -0.2) is 68.8 Å². The molecule has 0 aromatic carbocycles. The summed E-state index contributed by atoms with van der Waals surface area (Å²) in [6, 6.07) is 0. The van der Waals surface area contributed by atoms with E-state index >= 15 is 0 Å². The van der Waals surface area contributed by atoms with Crippen LogP contribution in [0.5, 0.6) is 0 Å². The van der Waals surface area contributed by atoms with E-state index in [-0.39, 0.29) is 17.0 Å². The summed E-state index contributed by atoms with van der Waals surface area (Å²) in [5.74, 6) is -0.298. The highest BCUT2D eigenvalue weighted by Gasteiger charge is 2.65. The van der Waals surface area contributed by atoms with Crippen molar-refractivity contribution in [2.75, 3.05) is 12.3 Å². The molecule has 3 heterocycles. The number of imidazole rings is 1. The zero-order valence-corrected chi connectivity index (χ0v) is 12.7. The van der Waals surface area contributed by atoms with Crippen molar-refractivity contribution in [1.29, 1.82) is 0 Å². The smallest absolute Gasteiger partial charge is 0.362 e. The molecule has 132 valence electrons. The maximum absolute atomic E-state index is 13.4. The topological polar surface area (TPSA) is 197 Å². The second-order valence-corrected chi connectivity index (χ2v) is 6.98. The van der Waals surface area contributed by atoms with Crippen LogP contribution in [0.3, 0.4) is 0 Å². The van der Waals surface area contributed by atoms with Gasteiger partial charge in [0.15, 0.2) is 23.2 Å². The lowest BCUT2D eigenvalue weighted by Crippen LogP contribution is -2.48. The van der Waals surface area contributed by atoms with Gasteiger partial charge < -0.3 is 35.6 Å². The molecule has 1 saturated heterocycles. The number of aliphatic hydroxyl groups excluding tert-OH is 2. The summed E-state index contributed by atoms with van der Waals surface area (Å²) >= 11 is 0. The Labute approximate surface area is 132 Å². The summed E-state index contributed by atoms with van der Waals surface area (Å²) in [5.41, 5.74) is 5.23. The van der Waals surface area contributed by atoms with Gasteiger partial charge in [-0.25, -0.2) is 4.98 Å². The van der Waals surface area contributed by atoms with Gasteiger partial charge in [-0.1, -0.05) is 0 Å². The van der Waals surface area contributed by atoms with Crippen LogP contribution in [0.15, 0.2) is 6.33 Å². The number of anilines is 1. The van der Waals surface area contributed by atoms with Crippen LogP contribution in [0.4, 0.5) is 10.2 Å². The highest BCUT2D eigenvalue weighted by atomic mass is 31.2. The SMILES string of the molecule is Nc1nc(F)nc2c1ncn2[C@@H]1O[C@H](CO)[C@](O)(P(=O)(O)O)[C@H]1O. The van der Waals surface area contributed by atoms with Gasteiger partial charge in [-0.05, 0) is 0 Å². The van der Waals surface area contributed by atoms with Crippen molar-refractivity contribution < 1.29 is 38.8 Å². The van der Waals surface area contributed by atoms with E-state index in [4.69, 9.17) is 10.5 Å². The highest BCUT2D eigenvalue weighted by Crippen LogP contribution is 2.59. The van der Waals surface area contributed by atoms with Crippen LogP contribution >= 0.6 is 7.60 Å². The normalized spacial score (nSPS) is 31.0. The average molecular weight is 365 g/mol. The van der Waals surface area contributed by atoms with Gasteiger partial charge in [0.25, 0.3) is 0 Å². The van der Waals surface area contributed by atoms with Crippen molar-refractivity contribution in [1.82, 2.24) is 19.5 Å². The second kappa shape index (κ2) is 5.39. The van der Waals surface area contributed by atoms with E-state index in [2.05, 4.69) is 15.0 Å². The Morgan fingerprint density at radius 3 is 2.67 bits per heavy atom. The second-order valence-electron chi connectivity index (χ2n) is 5.17. The van der Waals surface area contributed by atoms with E-state index < -0.39 is 44.1 Å². The molecule has 0 spiro atoms. The molecule has 24 heavy (non-hydrogen) atoms. The van der Waals surface area contributed by atoms with Gasteiger partial charge in [0, 0.05) is 0 Å². The molecule has 3 rings (SSSR count). The number of nitrogen functional groups attached to an aromatic ring is 1. The molecule has 0 saturated carbocycles. The van der Waals surface area contributed by atoms with Crippen LogP contribution in [0.1, 0.15) is 6.23 Å². The van der Waals surface area contributed by atoms with Gasteiger partial charge in [0.05, 0.1) is 12.9 Å². The number of nitrogens with two attached hydrogens (primary N) is 1. The zero-order valence-electron chi connectivity index (χ0n) is 11.8. The third-order valence-electron chi connectivity index (χ3n) is 3.81. The van der Waals surface area contributed by atoms with Crippen LogP contribution in [0, 0.1) is 6.08 Å². The molecular weight excluding hydrogens is 352 g/mol. The van der Waals surface area contributed by atoms with Crippen LogP contribution < -0.4 is 5.73 Å². The maximum atomic E-state index is 13.4. The number of aromatic nitrogens is 4. The van der Waals surface area contributed by atoms with E-state index in [9.17, 15) is 34.1 Å². The van der Waals surface area contributed by atoms with Crippen LogP contribution in [0.25, 0.3) is 11.2 Å². The first kappa shape index (κ1) is 17.1. The van der Waals surface area contributed by atoms with Gasteiger partial charge in [-0.15, -0.1) is 0 Å². The number of halogens is 1. The van der Waals surface area contributed by atoms with E-state index in [1.54, 1.807) is 0 Å². The Kier molecular flexibility index (Phi) is 3.84. The molecule has 14 heteroatoms. The molecule has 2 aromatic heterocycles. The van der Waals surface area contributed by atoms with Gasteiger partial charge in [-0.3, -0.25) is 9.13 Å². The highest BCUT2D eigenvalue weighted by molar-refractivity contribution is 7.53. The number of aliphatic hydroxyl groups is 3. The molecule has 1 aliphatic heterocycles. The Morgan fingerprint density at radius 2 is 2.12 bits per heavy atom. The Hall–Kier alpha value is -1.73. The fraction of sp³-hybridized carbons (Fsp3) is 0.500. The minimum atomic E-state index is -5.32. The number of fused-ring (bicyclic) bond motifs is 1. The lowest BCUT2D eigenvalue weighted by atomic mass is 10.1. The first-order valence-electron chi connectivity index (χ1n) is 6.49.